The molecule has 2 atom stereocenters. The predicted molar refractivity (Wildman–Crippen MR) is 49.8 cm³/mol. The minimum absolute atomic E-state index is 0.168. The van der Waals surface area contributed by atoms with Crippen molar-refractivity contribution in [1.82, 2.24) is 0 Å². The quantitative estimate of drug-likeness (QED) is 0.649. The van der Waals surface area contributed by atoms with Crippen LogP contribution in [0.5, 0.6) is 0 Å². The maximum absolute atomic E-state index is 11.3. The van der Waals surface area contributed by atoms with Gasteiger partial charge < -0.3 is 5.73 Å². The van der Waals surface area contributed by atoms with Crippen molar-refractivity contribution >= 4 is 5.78 Å². The largest absolute Gasteiger partial charge is 0.328 e. The lowest BCUT2D eigenvalue weighted by Crippen LogP contribution is -2.41. The van der Waals surface area contributed by atoms with Gasteiger partial charge in [0.2, 0.25) is 0 Å². The van der Waals surface area contributed by atoms with Crippen LogP contribution in [0, 0.1) is 11.3 Å². The average molecular weight is 169 g/mol. The highest BCUT2D eigenvalue weighted by Crippen LogP contribution is 2.40. The van der Waals surface area contributed by atoms with Crippen molar-refractivity contribution < 1.29 is 4.79 Å². The summed E-state index contributed by atoms with van der Waals surface area (Å²) >= 11 is 0. The van der Waals surface area contributed by atoms with Gasteiger partial charge in [0.15, 0.2) is 0 Å². The molecular formula is C10H19NO. The fraction of sp³-hybridized carbons (Fsp3) is 0.900. The Morgan fingerprint density at radius 1 is 1.50 bits per heavy atom. The van der Waals surface area contributed by atoms with Gasteiger partial charge in [-0.05, 0) is 31.6 Å². The van der Waals surface area contributed by atoms with Crippen molar-refractivity contribution in [1.29, 1.82) is 0 Å². The van der Waals surface area contributed by atoms with E-state index in [0.29, 0.717) is 5.78 Å². The van der Waals surface area contributed by atoms with Crippen LogP contribution in [0.15, 0.2) is 0 Å². The van der Waals surface area contributed by atoms with Gasteiger partial charge in [-0.2, -0.15) is 0 Å². The normalized spacial score (nSPS) is 34.7. The third kappa shape index (κ3) is 1.86. The summed E-state index contributed by atoms with van der Waals surface area (Å²) < 4.78 is 0. The van der Waals surface area contributed by atoms with Gasteiger partial charge in [0.25, 0.3) is 0 Å². The average Bonchev–Trinajstić information content (AvgIpc) is 1.94. The number of Topliss-reactive ketones (excluding diaryl/α,β-unsaturated/α-hetero) is 1. The molecule has 12 heavy (non-hydrogen) atoms. The summed E-state index contributed by atoms with van der Waals surface area (Å²) in [5.41, 5.74) is 6.00. The first kappa shape index (κ1) is 9.72. The van der Waals surface area contributed by atoms with E-state index >= 15 is 0 Å². The smallest absolute Gasteiger partial charge is 0.133 e. The Bertz CT molecular complexity index is 186. The molecule has 0 radical (unpaired) electrons. The molecule has 0 aromatic heterocycles. The molecule has 0 saturated heterocycles. The van der Waals surface area contributed by atoms with Crippen molar-refractivity contribution in [3.05, 3.63) is 0 Å². The first-order chi connectivity index (χ1) is 5.43. The van der Waals surface area contributed by atoms with Crippen LogP contribution >= 0.6 is 0 Å². The van der Waals surface area contributed by atoms with Crippen molar-refractivity contribution in [2.24, 2.45) is 17.1 Å². The monoisotopic (exact) mass is 169 g/mol. The number of carbonyl (C=O) groups is 1. The third-order valence-electron chi connectivity index (χ3n) is 3.13. The highest BCUT2D eigenvalue weighted by molar-refractivity contribution is 5.79. The van der Waals surface area contributed by atoms with Gasteiger partial charge in [0.1, 0.15) is 5.78 Å². The zero-order chi connectivity index (χ0) is 9.35. The summed E-state index contributed by atoms with van der Waals surface area (Å²) in [6, 6.07) is 0.243. The topological polar surface area (TPSA) is 43.1 Å². The minimum Gasteiger partial charge on any atom is -0.328 e. The summed E-state index contributed by atoms with van der Waals surface area (Å²) in [6.45, 7) is 6.03. The molecule has 70 valence electrons. The summed E-state index contributed by atoms with van der Waals surface area (Å²) in [6.07, 6.45) is 3.03. The zero-order valence-electron chi connectivity index (χ0n) is 8.26. The van der Waals surface area contributed by atoms with E-state index in [-0.39, 0.29) is 17.4 Å². The first-order valence-corrected chi connectivity index (χ1v) is 4.69. The molecule has 2 unspecified atom stereocenters. The number of rotatable bonds is 1. The third-order valence-corrected chi connectivity index (χ3v) is 3.13. The molecule has 1 aliphatic rings. The minimum atomic E-state index is 0.168. The first-order valence-electron chi connectivity index (χ1n) is 4.69. The number of hydrogen-bond donors (Lipinski definition) is 1. The molecule has 2 nitrogen and oxygen atoms in total. The van der Waals surface area contributed by atoms with Gasteiger partial charge in [-0.25, -0.2) is 0 Å². The fourth-order valence-electron chi connectivity index (χ4n) is 2.19. The summed E-state index contributed by atoms with van der Waals surface area (Å²) in [5.74, 6) is 0.483. The number of ketones is 1. The van der Waals surface area contributed by atoms with Crippen molar-refractivity contribution in [3.63, 3.8) is 0 Å². The van der Waals surface area contributed by atoms with E-state index in [1.165, 1.54) is 0 Å². The lowest BCUT2D eigenvalue weighted by molar-refractivity contribution is -0.126. The van der Waals surface area contributed by atoms with Crippen molar-refractivity contribution in [3.8, 4) is 0 Å². The number of hydrogen-bond acceptors (Lipinski definition) is 2. The van der Waals surface area contributed by atoms with E-state index in [1.54, 1.807) is 6.92 Å². The highest BCUT2D eigenvalue weighted by Gasteiger charge is 2.37. The van der Waals surface area contributed by atoms with E-state index in [2.05, 4.69) is 13.8 Å². The maximum Gasteiger partial charge on any atom is 0.133 e. The van der Waals surface area contributed by atoms with Crippen LogP contribution in [0.4, 0.5) is 0 Å². The maximum atomic E-state index is 11.3. The van der Waals surface area contributed by atoms with E-state index in [4.69, 9.17) is 5.73 Å². The molecule has 2 N–H and O–H groups in total. The predicted octanol–water partition coefficient (Wildman–Crippen LogP) is 1.73. The Morgan fingerprint density at radius 3 is 2.50 bits per heavy atom. The molecule has 1 saturated carbocycles. The van der Waals surface area contributed by atoms with Crippen molar-refractivity contribution in [2.45, 2.75) is 46.1 Å². The van der Waals surface area contributed by atoms with Crippen LogP contribution in [-0.2, 0) is 4.79 Å². The van der Waals surface area contributed by atoms with Gasteiger partial charge in [-0.3, -0.25) is 4.79 Å². The summed E-state index contributed by atoms with van der Waals surface area (Å²) in [4.78, 5) is 11.3. The van der Waals surface area contributed by atoms with Crippen LogP contribution in [0.2, 0.25) is 0 Å². The molecule has 1 fully saturated rings. The Labute approximate surface area is 74.5 Å². The second kappa shape index (κ2) is 3.17. The molecule has 1 aliphatic carbocycles. The van der Waals surface area contributed by atoms with Gasteiger partial charge >= 0.3 is 0 Å². The Kier molecular flexibility index (Phi) is 2.57. The van der Waals surface area contributed by atoms with Crippen LogP contribution in [0.25, 0.3) is 0 Å². The van der Waals surface area contributed by atoms with Crippen LogP contribution in [0.3, 0.4) is 0 Å². The second-order valence-electron chi connectivity index (χ2n) is 4.69. The Morgan fingerprint density at radius 2 is 2.08 bits per heavy atom. The molecular weight excluding hydrogens is 150 g/mol. The van der Waals surface area contributed by atoms with Gasteiger partial charge in [0.05, 0.1) is 0 Å². The molecule has 1 rings (SSSR count). The Balaban J connectivity index is 2.72. The molecule has 0 aliphatic heterocycles. The summed E-state index contributed by atoms with van der Waals surface area (Å²) in [7, 11) is 0. The zero-order valence-corrected chi connectivity index (χ0v) is 8.26. The SMILES string of the molecule is CC(=O)C1CC(N)CCC1(C)C. The molecule has 0 aromatic rings. The number of nitrogens with two attached hydrogens (primary N) is 1. The van der Waals surface area contributed by atoms with Crippen LogP contribution in [0.1, 0.15) is 40.0 Å². The molecule has 2 heteroatoms. The van der Waals surface area contributed by atoms with Crippen LogP contribution < -0.4 is 5.73 Å². The van der Waals surface area contributed by atoms with E-state index in [9.17, 15) is 4.79 Å². The van der Waals surface area contributed by atoms with Gasteiger partial charge in [-0.15, -0.1) is 0 Å². The van der Waals surface area contributed by atoms with E-state index in [1.807, 2.05) is 0 Å². The van der Waals surface area contributed by atoms with Crippen molar-refractivity contribution in [2.75, 3.05) is 0 Å². The Hall–Kier alpha value is -0.370. The summed E-state index contributed by atoms with van der Waals surface area (Å²) in [5, 5.41) is 0. The van der Waals surface area contributed by atoms with Crippen LogP contribution in [-0.4, -0.2) is 11.8 Å². The highest BCUT2D eigenvalue weighted by atomic mass is 16.1. The molecule has 0 heterocycles. The second-order valence-corrected chi connectivity index (χ2v) is 4.69. The molecule has 0 bridgehead atoms. The van der Waals surface area contributed by atoms with E-state index in [0.717, 1.165) is 19.3 Å². The van der Waals surface area contributed by atoms with E-state index < -0.39 is 0 Å². The van der Waals surface area contributed by atoms with Gasteiger partial charge in [0, 0.05) is 12.0 Å². The molecule has 0 spiro atoms. The van der Waals surface area contributed by atoms with Gasteiger partial charge in [-0.1, -0.05) is 13.8 Å². The fourth-order valence-corrected chi connectivity index (χ4v) is 2.19. The molecule has 0 amide bonds. The lowest BCUT2D eigenvalue weighted by Gasteiger charge is -2.39. The standard InChI is InChI=1S/C10H19NO/c1-7(12)9-6-8(11)4-5-10(9,2)3/h8-9H,4-6,11H2,1-3H3. The molecule has 0 aromatic carbocycles. The number of carbonyl (C=O) groups excluding carboxylic acids is 1. The lowest BCUT2D eigenvalue weighted by atomic mass is 9.66.